The van der Waals surface area contributed by atoms with Crippen molar-refractivity contribution in [1.82, 2.24) is 9.78 Å². The number of rotatable bonds is 12. The number of alkyl halides is 5. The molecule has 1 aliphatic heterocycles. The number of benzene rings is 1. The lowest BCUT2D eigenvalue weighted by molar-refractivity contribution is -0.257. The third kappa shape index (κ3) is 7.16. The summed E-state index contributed by atoms with van der Waals surface area (Å²) in [6.45, 7) is -0.901. The van der Waals surface area contributed by atoms with Gasteiger partial charge in [-0.15, -0.1) is 5.10 Å². The minimum Gasteiger partial charge on any atom is -0.486 e. The van der Waals surface area contributed by atoms with E-state index in [2.05, 4.69) is 9.84 Å². The van der Waals surface area contributed by atoms with Crippen LogP contribution in [0, 0.1) is 0 Å². The zero-order chi connectivity index (χ0) is 32.0. The van der Waals surface area contributed by atoms with Crippen molar-refractivity contribution < 1.29 is 57.8 Å². The molecule has 1 aromatic heterocycles. The van der Waals surface area contributed by atoms with Crippen molar-refractivity contribution in [3.05, 3.63) is 30.0 Å². The second-order valence-electron chi connectivity index (χ2n) is 10.6. The van der Waals surface area contributed by atoms with Gasteiger partial charge in [0.25, 0.3) is 15.9 Å². The number of anilines is 1. The maximum Gasteiger partial charge on any atom is 0.427 e. The number of halogens is 5. The van der Waals surface area contributed by atoms with Crippen LogP contribution in [0.2, 0.25) is 0 Å². The van der Waals surface area contributed by atoms with Crippen molar-refractivity contribution in [2.75, 3.05) is 23.2 Å². The van der Waals surface area contributed by atoms with E-state index in [9.17, 15) is 43.6 Å². The minimum atomic E-state index is -4.85. The van der Waals surface area contributed by atoms with Gasteiger partial charge in [-0.3, -0.25) is 9.10 Å². The van der Waals surface area contributed by atoms with Crippen molar-refractivity contribution in [3.63, 3.8) is 0 Å². The fourth-order valence-electron chi connectivity index (χ4n) is 4.27. The predicted octanol–water partition coefficient (Wildman–Crippen LogP) is 4.03. The Morgan fingerprint density at radius 3 is 2.42 bits per heavy atom. The lowest BCUT2D eigenvalue weighted by atomic mass is 10.1. The van der Waals surface area contributed by atoms with Crippen LogP contribution in [0.15, 0.2) is 29.3 Å². The van der Waals surface area contributed by atoms with Gasteiger partial charge in [-0.2, -0.15) is 22.0 Å². The molecule has 0 radical (unpaired) electrons. The van der Waals surface area contributed by atoms with Gasteiger partial charge in [0.1, 0.15) is 11.9 Å². The first-order valence-corrected chi connectivity index (χ1v) is 16.3. The van der Waals surface area contributed by atoms with Crippen LogP contribution in [0.25, 0.3) is 0 Å². The van der Waals surface area contributed by atoms with Gasteiger partial charge < -0.3 is 14.2 Å². The second-order valence-corrected chi connectivity index (χ2v) is 14.8. The molecule has 0 bridgehead atoms. The molecule has 2 aliphatic rings. The summed E-state index contributed by atoms with van der Waals surface area (Å²) in [6, 6.07) is 3.78. The number of aromatic nitrogens is 2. The number of sulfone groups is 1. The summed E-state index contributed by atoms with van der Waals surface area (Å²) in [7, 11) is -8.16. The largest absolute Gasteiger partial charge is 0.486 e. The molecule has 240 valence electrons. The average Bonchev–Trinajstić information content (AvgIpc) is 3.67. The molecule has 0 N–H and O–H groups in total. The quantitative estimate of drug-likeness (QED) is 0.245. The zero-order valence-corrected chi connectivity index (χ0v) is 24.9. The maximum atomic E-state index is 13.9. The fraction of sp³-hybridized carbons (Fsp3) is 0.600. The Kier molecular flexibility index (Phi) is 8.94. The number of ether oxygens (including phenoxy) is 3. The average molecular weight is 660 g/mol. The van der Waals surface area contributed by atoms with Crippen LogP contribution in [0.5, 0.6) is 11.6 Å². The Bertz CT molecular complexity index is 1570. The predicted molar refractivity (Wildman–Crippen MR) is 141 cm³/mol. The molecule has 0 spiro atoms. The number of esters is 1. The monoisotopic (exact) mass is 659 g/mol. The van der Waals surface area contributed by atoms with Crippen LogP contribution in [-0.4, -0.2) is 74.6 Å². The van der Waals surface area contributed by atoms with E-state index in [1.165, 1.54) is 25.1 Å². The van der Waals surface area contributed by atoms with Crippen LogP contribution < -0.4 is 13.8 Å². The molecule has 4 rings (SSSR count). The lowest BCUT2D eigenvalue weighted by Gasteiger charge is -2.35. The van der Waals surface area contributed by atoms with Crippen LogP contribution >= 0.6 is 0 Å². The molecule has 2 aromatic rings. The van der Waals surface area contributed by atoms with Gasteiger partial charge in [0.05, 0.1) is 42.5 Å². The molecular weight excluding hydrogens is 629 g/mol. The standard InChI is InChI=1S/C25H30F5N3O8S2/c1-4-39-22-20(14-32(31-22)23(26)27)43(37,38)33-13-16(9-10-42(35,36)17-6-7-17)40-19-8-5-15(11-18(19)33)12-21(34)41-24(2,3)25(28,29)30/h5,8,11,14,16-17,23H,4,6-7,9-10,12-13H2,1-3H3/t16-/m0/s1. The van der Waals surface area contributed by atoms with Gasteiger partial charge >= 0.3 is 18.7 Å². The molecular formula is C25H30F5N3O8S2. The Morgan fingerprint density at radius 1 is 1.16 bits per heavy atom. The zero-order valence-electron chi connectivity index (χ0n) is 23.3. The minimum absolute atomic E-state index is 0.0457. The summed E-state index contributed by atoms with van der Waals surface area (Å²) in [4.78, 5) is 11.7. The molecule has 11 nitrogen and oxygen atoms in total. The highest BCUT2D eigenvalue weighted by atomic mass is 32.2. The third-order valence-electron chi connectivity index (χ3n) is 6.83. The van der Waals surface area contributed by atoms with E-state index in [0.29, 0.717) is 32.9 Å². The summed E-state index contributed by atoms with van der Waals surface area (Å²) in [6.07, 6.45) is -4.91. The fourth-order valence-corrected chi connectivity index (χ4v) is 7.61. The van der Waals surface area contributed by atoms with Crippen molar-refractivity contribution in [1.29, 1.82) is 0 Å². The van der Waals surface area contributed by atoms with Gasteiger partial charge in [-0.05, 0) is 57.7 Å². The van der Waals surface area contributed by atoms with E-state index in [1.807, 2.05) is 0 Å². The maximum absolute atomic E-state index is 13.9. The molecule has 18 heteroatoms. The number of hydrogen-bond acceptors (Lipinski definition) is 9. The Hall–Kier alpha value is -3.15. The van der Waals surface area contributed by atoms with E-state index in [-0.39, 0.29) is 40.5 Å². The first kappa shape index (κ1) is 32.8. The van der Waals surface area contributed by atoms with E-state index in [1.54, 1.807) is 0 Å². The van der Waals surface area contributed by atoms with E-state index >= 15 is 0 Å². The normalized spacial score (nSPS) is 17.9. The smallest absolute Gasteiger partial charge is 0.427 e. The summed E-state index contributed by atoms with van der Waals surface area (Å²) in [5, 5.41) is 3.06. The molecule has 0 saturated heterocycles. The molecule has 1 fully saturated rings. The van der Waals surface area contributed by atoms with Gasteiger partial charge in [-0.25, -0.2) is 21.5 Å². The Balaban J connectivity index is 1.70. The van der Waals surface area contributed by atoms with Gasteiger partial charge in [0.2, 0.25) is 5.60 Å². The number of sulfonamides is 1. The number of carbonyl (C=O) groups is 1. The highest BCUT2D eigenvalue weighted by Gasteiger charge is 2.51. The molecule has 43 heavy (non-hydrogen) atoms. The lowest BCUT2D eigenvalue weighted by Crippen LogP contribution is -2.44. The SMILES string of the molecule is CCOc1nn(C(F)F)cc1S(=O)(=O)N1C[C@H](CCS(=O)(=O)C2CC2)Oc2ccc(CC(=O)OC(C)(C)C(F)(F)F)cc21. The number of fused-ring (bicyclic) bond motifs is 1. The van der Waals surface area contributed by atoms with Crippen molar-refractivity contribution >= 4 is 31.5 Å². The Morgan fingerprint density at radius 2 is 1.84 bits per heavy atom. The van der Waals surface area contributed by atoms with Crippen molar-refractivity contribution in [2.45, 2.75) is 81.0 Å². The highest BCUT2D eigenvalue weighted by molar-refractivity contribution is 7.93. The third-order valence-corrected chi connectivity index (χ3v) is 10.9. The topological polar surface area (TPSA) is 134 Å². The first-order valence-electron chi connectivity index (χ1n) is 13.2. The van der Waals surface area contributed by atoms with Gasteiger partial charge in [-0.1, -0.05) is 6.07 Å². The molecule has 1 saturated carbocycles. The number of hydrogen-bond donors (Lipinski definition) is 0. The molecule has 1 atom stereocenters. The summed E-state index contributed by atoms with van der Waals surface area (Å²) >= 11 is 0. The van der Waals surface area contributed by atoms with E-state index < -0.39 is 79.3 Å². The van der Waals surface area contributed by atoms with E-state index in [4.69, 9.17) is 9.47 Å². The van der Waals surface area contributed by atoms with Crippen molar-refractivity contribution in [3.8, 4) is 11.6 Å². The van der Waals surface area contributed by atoms with E-state index in [0.717, 1.165) is 4.31 Å². The summed E-state index contributed by atoms with van der Waals surface area (Å²) in [5.74, 6) is -2.17. The van der Waals surface area contributed by atoms with Crippen molar-refractivity contribution in [2.24, 2.45) is 0 Å². The van der Waals surface area contributed by atoms with Crippen LogP contribution in [-0.2, 0) is 35.8 Å². The summed E-state index contributed by atoms with van der Waals surface area (Å²) < 4.78 is 136. The van der Waals surface area contributed by atoms with Crippen LogP contribution in [0.3, 0.4) is 0 Å². The molecule has 1 aromatic carbocycles. The van der Waals surface area contributed by atoms with Gasteiger partial charge in [0.15, 0.2) is 14.7 Å². The first-order chi connectivity index (χ1) is 19.9. The van der Waals surface area contributed by atoms with Crippen LogP contribution in [0.4, 0.5) is 27.6 Å². The second kappa shape index (κ2) is 11.7. The molecule has 1 aliphatic carbocycles. The molecule has 2 heterocycles. The van der Waals surface area contributed by atoms with Crippen LogP contribution in [0.1, 0.15) is 52.1 Å². The summed E-state index contributed by atoms with van der Waals surface area (Å²) in [5.41, 5.74) is -2.88. The highest BCUT2D eigenvalue weighted by Crippen LogP contribution is 2.41. The number of nitrogens with zero attached hydrogens (tertiary/aromatic N) is 3. The molecule has 0 amide bonds. The van der Waals surface area contributed by atoms with Gasteiger partial charge in [0, 0.05) is 0 Å². The Labute approximate surface area is 244 Å². The number of carbonyl (C=O) groups excluding carboxylic acids is 1. The molecule has 0 unspecified atom stereocenters.